The van der Waals surface area contributed by atoms with Crippen LogP contribution >= 0.6 is 0 Å². The third-order valence-corrected chi connectivity index (χ3v) is 3.93. The van der Waals surface area contributed by atoms with Gasteiger partial charge in [-0.05, 0) is 0 Å². The molecule has 2 heterocycles. The Hall–Kier alpha value is -1.87. The zero-order chi connectivity index (χ0) is 14.6. The van der Waals surface area contributed by atoms with Gasteiger partial charge < -0.3 is 9.72 Å². The van der Waals surface area contributed by atoms with Crippen molar-refractivity contribution in [3.63, 3.8) is 0 Å². The van der Waals surface area contributed by atoms with E-state index in [9.17, 15) is 8.42 Å². The van der Waals surface area contributed by atoms with Crippen LogP contribution in [0.1, 0.15) is 12.7 Å². The standard InChI is InChI=1S/C11H17N5O3S/c1-3-10-12-7-11(14-10)20(17,18)15-9-6-13-16(8-9)4-5-19-2/h6-8,15H,3-5H2,1-2H3,(H,12,14). The number of methoxy groups -OCH3 is 1. The Morgan fingerprint density at radius 1 is 1.45 bits per heavy atom. The van der Waals surface area contributed by atoms with Gasteiger partial charge in [0, 0.05) is 19.7 Å². The van der Waals surface area contributed by atoms with Crippen molar-refractivity contribution in [1.82, 2.24) is 19.7 Å². The molecule has 2 aromatic rings. The number of ether oxygens (including phenoxy) is 1. The molecule has 20 heavy (non-hydrogen) atoms. The molecule has 0 saturated carbocycles. The Balaban J connectivity index is 2.09. The van der Waals surface area contributed by atoms with E-state index in [-0.39, 0.29) is 5.03 Å². The second-order valence-electron chi connectivity index (χ2n) is 4.14. The summed E-state index contributed by atoms with van der Waals surface area (Å²) in [6, 6.07) is 0. The van der Waals surface area contributed by atoms with Crippen LogP contribution < -0.4 is 4.72 Å². The second kappa shape index (κ2) is 6.06. The van der Waals surface area contributed by atoms with Gasteiger partial charge in [-0.2, -0.15) is 13.5 Å². The van der Waals surface area contributed by atoms with E-state index < -0.39 is 10.0 Å². The van der Waals surface area contributed by atoms with Crippen LogP contribution in [0.15, 0.2) is 23.6 Å². The molecule has 0 fully saturated rings. The summed E-state index contributed by atoms with van der Waals surface area (Å²) in [4.78, 5) is 6.73. The van der Waals surface area contributed by atoms with Crippen LogP contribution in [0.5, 0.6) is 0 Å². The smallest absolute Gasteiger partial charge is 0.279 e. The zero-order valence-corrected chi connectivity index (χ0v) is 12.1. The van der Waals surface area contributed by atoms with Crippen molar-refractivity contribution in [2.75, 3.05) is 18.4 Å². The van der Waals surface area contributed by atoms with E-state index in [2.05, 4.69) is 19.8 Å². The first-order valence-corrected chi connectivity index (χ1v) is 7.61. The average molecular weight is 299 g/mol. The molecule has 0 aliphatic heterocycles. The van der Waals surface area contributed by atoms with Gasteiger partial charge >= 0.3 is 0 Å². The molecule has 0 amide bonds. The molecule has 0 aliphatic rings. The van der Waals surface area contributed by atoms with Gasteiger partial charge in [0.1, 0.15) is 5.82 Å². The summed E-state index contributed by atoms with van der Waals surface area (Å²) in [6.45, 7) is 2.96. The van der Waals surface area contributed by atoms with E-state index in [0.717, 1.165) is 0 Å². The van der Waals surface area contributed by atoms with Crippen molar-refractivity contribution in [2.24, 2.45) is 0 Å². The normalized spacial score (nSPS) is 11.7. The lowest BCUT2D eigenvalue weighted by atomic mass is 10.5. The van der Waals surface area contributed by atoms with Crippen molar-refractivity contribution >= 4 is 15.7 Å². The number of nitrogens with one attached hydrogen (secondary N) is 2. The molecule has 0 atom stereocenters. The lowest BCUT2D eigenvalue weighted by molar-refractivity contribution is 0.183. The molecule has 2 aromatic heterocycles. The molecule has 9 heteroatoms. The summed E-state index contributed by atoms with van der Waals surface area (Å²) in [5.41, 5.74) is 0.397. The number of sulfonamides is 1. The largest absolute Gasteiger partial charge is 0.383 e. The van der Waals surface area contributed by atoms with Crippen LogP contribution in [-0.4, -0.2) is 41.9 Å². The molecule has 110 valence electrons. The predicted molar refractivity (Wildman–Crippen MR) is 72.9 cm³/mol. The van der Waals surface area contributed by atoms with Gasteiger partial charge in [-0.25, -0.2) is 4.98 Å². The Bertz CT molecular complexity index is 661. The number of nitrogens with zero attached hydrogens (tertiary/aromatic N) is 3. The highest BCUT2D eigenvalue weighted by Gasteiger charge is 2.17. The number of hydrogen-bond acceptors (Lipinski definition) is 5. The Labute approximate surface area is 117 Å². The van der Waals surface area contributed by atoms with E-state index in [0.29, 0.717) is 31.1 Å². The first-order chi connectivity index (χ1) is 9.55. The van der Waals surface area contributed by atoms with Crippen LogP contribution in [0.3, 0.4) is 0 Å². The van der Waals surface area contributed by atoms with Gasteiger partial charge in [0.2, 0.25) is 0 Å². The van der Waals surface area contributed by atoms with Gasteiger partial charge in [0.05, 0.1) is 31.2 Å². The average Bonchev–Trinajstić information content (AvgIpc) is 3.04. The van der Waals surface area contributed by atoms with Crippen molar-refractivity contribution < 1.29 is 13.2 Å². The molecule has 0 radical (unpaired) electrons. The highest BCUT2D eigenvalue weighted by atomic mass is 32.2. The van der Waals surface area contributed by atoms with Crippen LogP contribution in [0.2, 0.25) is 0 Å². The van der Waals surface area contributed by atoms with Crippen molar-refractivity contribution in [3.8, 4) is 0 Å². The van der Waals surface area contributed by atoms with E-state index in [1.807, 2.05) is 6.92 Å². The number of aromatic amines is 1. The minimum atomic E-state index is -3.66. The maximum Gasteiger partial charge on any atom is 0.279 e. The third kappa shape index (κ3) is 3.36. The summed E-state index contributed by atoms with van der Waals surface area (Å²) in [6.07, 6.45) is 5.00. The van der Waals surface area contributed by atoms with Crippen molar-refractivity contribution in [2.45, 2.75) is 24.9 Å². The lowest BCUT2D eigenvalue weighted by Crippen LogP contribution is -2.13. The van der Waals surface area contributed by atoms with Crippen LogP contribution in [0.25, 0.3) is 0 Å². The summed E-state index contributed by atoms with van der Waals surface area (Å²) in [5.74, 6) is 0.626. The van der Waals surface area contributed by atoms with Crippen molar-refractivity contribution in [3.05, 3.63) is 24.4 Å². The zero-order valence-electron chi connectivity index (χ0n) is 11.3. The third-order valence-electron chi connectivity index (χ3n) is 2.64. The Morgan fingerprint density at radius 3 is 2.90 bits per heavy atom. The maximum absolute atomic E-state index is 12.1. The summed E-state index contributed by atoms with van der Waals surface area (Å²) in [5, 5.41) is 4.08. The van der Waals surface area contributed by atoms with E-state index in [1.54, 1.807) is 18.0 Å². The summed E-state index contributed by atoms with van der Waals surface area (Å²) >= 11 is 0. The quantitative estimate of drug-likeness (QED) is 0.780. The molecule has 2 N–H and O–H groups in total. The molecule has 0 spiro atoms. The van der Waals surface area contributed by atoms with Crippen LogP contribution in [-0.2, 0) is 27.7 Å². The first-order valence-electron chi connectivity index (χ1n) is 6.13. The minimum absolute atomic E-state index is 0.0407. The van der Waals surface area contributed by atoms with Crippen LogP contribution in [0.4, 0.5) is 5.69 Å². The molecular formula is C11H17N5O3S. The number of rotatable bonds is 7. The SMILES string of the molecule is CCc1ncc(S(=O)(=O)Nc2cnn(CCOC)c2)[nH]1. The van der Waals surface area contributed by atoms with Gasteiger partial charge in [-0.15, -0.1) is 0 Å². The van der Waals surface area contributed by atoms with E-state index in [4.69, 9.17) is 4.74 Å². The number of imidazole rings is 1. The predicted octanol–water partition coefficient (Wildman–Crippen LogP) is 0.616. The summed E-state index contributed by atoms with van der Waals surface area (Å²) < 4.78 is 33.2. The van der Waals surface area contributed by atoms with E-state index >= 15 is 0 Å². The molecule has 0 aliphatic carbocycles. The first kappa shape index (κ1) is 14.5. The van der Waals surface area contributed by atoms with E-state index in [1.165, 1.54) is 12.4 Å². The highest BCUT2D eigenvalue weighted by Crippen LogP contribution is 2.13. The molecule has 2 rings (SSSR count). The minimum Gasteiger partial charge on any atom is -0.383 e. The number of H-pyrrole nitrogens is 1. The molecular weight excluding hydrogens is 282 g/mol. The Kier molecular flexibility index (Phi) is 4.40. The van der Waals surface area contributed by atoms with Gasteiger partial charge in [-0.3, -0.25) is 9.40 Å². The topological polar surface area (TPSA) is 102 Å². The number of aryl methyl sites for hydroxylation is 1. The number of hydrogen-bond donors (Lipinski definition) is 2. The Morgan fingerprint density at radius 2 is 2.25 bits per heavy atom. The molecule has 0 saturated heterocycles. The molecule has 0 bridgehead atoms. The summed E-state index contributed by atoms with van der Waals surface area (Å²) in [7, 11) is -2.07. The maximum atomic E-state index is 12.1. The fourth-order valence-electron chi connectivity index (χ4n) is 1.59. The fraction of sp³-hybridized carbons (Fsp3) is 0.455. The number of anilines is 1. The molecule has 0 aromatic carbocycles. The monoisotopic (exact) mass is 299 g/mol. The van der Waals surface area contributed by atoms with Gasteiger partial charge in [-0.1, -0.05) is 6.92 Å². The highest BCUT2D eigenvalue weighted by molar-refractivity contribution is 7.92. The molecule has 8 nitrogen and oxygen atoms in total. The van der Waals surface area contributed by atoms with Crippen molar-refractivity contribution in [1.29, 1.82) is 0 Å². The fourth-order valence-corrected chi connectivity index (χ4v) is 2.56. The number of aromatic nitrogens is 4. The lowest BCUT2D eigenvalue weighted by Gasteiger charge is -2.03. The van der Waals surface area contributed by atoms with Crippen LogP contribution in [0, 0.1) is 0 Å². The second-order valence-corrected chi connectivity index (χ2v) is 5.79. The van der Waals surface area contributed by atoms with Gasteiger partial charge in [0.15, 0.2) is 5.03 Å². The van der Waals surface area contributed by atoms with Gasteiger partial charge in [0.25, 0.3) is 10.0 Å². The molecule has 0 unspecified atom stereocenters.